The van der Waals surface area contributed by atoms with Crippen LogP contribution in [0.25, 0.3) is 0 Å². The van der Waals surface area contributed by atoms with Crippen LogP contribution in [-0.2, 0) is 6.54 Å². The molecular formula is C11H18FN3O2. The van der Waals surface area contributed by atoms with Crippen molar-refractivity contribution in [2.45, 2.75) is 32.7 Å². The van der Waals surface area contributed by atoms with Crippen LogP contribution < -0.4 is 16.6 Å². The number of unbranched alkanes of at least 4 members (excludes halogenated alkanes) is 1. The van der Waals surface area contributed by atoms with E-state index in [1.165, 1.54) is 4.57 Å². The van der Waals surface area contributed by atoms with Gasteiger partial charge in [0.05, 0.1) is 6.20 Å². The summed E-state index contributed by atoms with van der Waals surface area (Å²) in [7, 11) is 0. The Hall–Kier alpha value is -1.43. The van der Waals surface area contributed by atoms with Gasteiger partial charge in [-0.3, -0.25) is 14.3 Å². The Bertz CT molecular complexity index is 453. The molecule has 0 fully saturated rings. The Kier molecular flexibility index (Phi) is 5.62. The first-order valence-electron chi connectivity index (χ1n) is 5.85. The van der Waals surface area contributed by atoms with E-state index in [0.29, 0.717) is 6.54 Å². The number of hydrogen-bond donors (Lipinski definition) is 2. The smallest absolute Gasteiger partial charge is 0.317 e. The number of hydrogen-bond acceptors (Lipinski definition) is 3. The molecule has 0 aliphatic rings. The average molecular weight is 243 g/mol. The van der Waals surface area contributed by atoms with E-state index < -0.39 is 17.1 Å². The summed E-state index contributed by atoms with van der Waals surface area (Å²) in [6, 6.07) is 0. The van der Waals surface area contributed by atoms with Crippen molar-refractivity contribution in [3.63, 3.8) is 0 Å². The van der Waals surface area contributed by atoms with Crippen LogP contribution in [0.15, 0.2) is 15.8 Å². The highest BCUT2D eigenvalue weighted by Gasteiger charge is 2.02. The number of nitrogens with zero attached hydrogens (tertiary/aromatic N) is 1. The standard InChI is InChI=1S/C11H18FN3O2/c1-2-5-13-6-3-4-7-15-8-9(12)10(16)14-11(15)17/h8,13H,2-7H2,1H3,(H,14,16,17). The molecular weight excluding hydrogens is 225 g/mol. The Morgan fingerprint density at radius 2 is 2.12 bits per heavy atom. The van der Waals surface area contributed by atoms with Crippen molar-refractivity contribution in [2.24, 2.45) is 0 Å². The lowest BCUT2D eigenvalue weighted by molar-refractivity contribution is 0.519. The van der Waals surface area contributed by atoms with Gasteiger partial charge in [0, 0.05) is 6.54 Å². The summed E-state index contributed by atoms with van der Waals surface area (Å²) in [5.74, 6) is -0.922. The predicted octanol–water partition coefficient (Wildman–Crippen LogP) is 0.456. The minimum Gasteiger partial charge on any atom is -0.317 e. The van der Waals surface area contributed by atoms with Crippen molar-refractivity contribution in [1.82, 2.24) is 14.9 Å². The summed E-state index contributed by atoms with van der Waals surface area (Å²) in [6.07, 6.45) is 3.72. The van der Waals surface area contributed by atoms with Crippen molar-refractivity contribution in [1.29, 1.82) is 0 Å². The van der Waals surface area contributed by atoms with Crippen molar-refractivity contribution in [3.05, 3.63) is 32.9 Å². The van der Waals surface area contributed by atoms with Crippen molar-refractivity contribution >= 4 is 0 Å². The largest absolute Gasteiger partial charge is 0.328 e. The number of aromatic nitrogens is 2. The molecule has 6 heteroatoms. The summed E-state index contributed by atoms with van der Waals surface area (Å²) in [5.41, 5.74) is -1.52. The highest BCUT2D eigenvalue weighted by molar-refractivity contribution is 4.86. The summed E-state index contributed by atoms with van der Waals surface area (Å²) < 4.78 is 14.1. The molecule has 0 spiro atoms. The van der Waals surface area contributed by atoms with Crippen LogP contribution in [0.3, 0.4) is 0 Å². The fraction of sp³-hybridized carbons (Fsp3) is 0.636. The van der Waals surface area contributed by atoms with Gasteiger partial charge in [-0.2, -0.15) is 4.39 Å². The normalized spacial score (nSPS) is 10.7. The molecule has 0 bridgehead atoms. The third kappa shape index (κ3) is 4.52. The molecule has 1 heterocycles. The topological polar surface area (TPSA) is 66.9 Å². The molecule has 1 rings (SSSR count). The van der Waals surface area contributed by atoms with Gasteiger partial charge in [0.2, 0.25) is 5.82 Å². The fourth-order valence-electron chi connectivity index (χ4n) is 1.48. The van der Waals surface area contributed by atoms with E-state index in [1.54, 1.807) is 0 Å². The van der Waals surface area contributed by atoms with Crippen LogP contribution in [0.1, 0.15) is 26.2 Å². The molecule has 5 nitrogen and oxygen atoms in total. The zero-order chi connectivity index (χ0) is 12.7. The Morgan fingerprint density at radius 1 is 1.35 bits per heavy atom. The van der Waals surface area contributed by atoms with Crippen LogP contribution in [0.4, 0.5) is 4.39 Å². The first-order valence-corrected chi connectivity index (χ1v) is 5.85. The van der Waals surface area contributed by atoms with E-state index in [2.05, 4.69) is 12.2 Å². The number of halogens is 1. The van der Waals surface area contributed by atoms with Gasteiger partial charge >= 0.3 is 5.69 Å². The van der Waals surface area contributed by atoms with Gasteiger partial charge in [-0.05, 0) is 32.4 Å². The zero-order valence-electron chi connectivity index (χ0n) is 9.96. The van der Waals surface area contributed by atoms with E-state index in [-0.39, 0.29) is 0 Å². The van der Waals surface area contributed by atoms with Crippen LogP contribution >= 0.6 is 0 Å². The third-order valence-corrected chi connectivity index (χ3v) is 2.40. The van der Waals surface area contributed by atoms with Gasteiger partial charge in [0.25, 0.3) is 5.56 Å². The molecule has 0 aromatic carbocycles. The molecule has 96 valence electrons. The van der Waals surface area contributed by atoms with Crippen molar-refractivity contribution in [2.75, 3.05) is 13.1 Å². The predicted molar refractivity (Wildman–Crippen MR) is 63.7 cm³/mol. The molecule has 1 aromatic heterocycles. The molecule has 0 saturated heterocycles. The third-order valence-electron chi connectivity index (χ3n) is 2.40. The highest BCUT2D eigenvalue weighted by Crippen LogP contribution is 1.92. The monoisotopic (exact) mass is 243 g/mol. The molecule has 0 aliphatic carbocycles. The molecule has 0 unspecified atom stereocenters. The van der Waals surface area contributed by atoms with Crippen LogP contribution in [0.2, 0.25) is 0 Å². The number of H-pyrrole nitrogens is 1. The molecule has 0 atom stereocenters. The molecule has 1 aromatic rings. The lowest BCUT2D eigenvalue weighted by Gasteiger charge is -2.05. The van der Waals surface area contributed by atoms with E-state index in [9.17, 15) is 14.0 Å². The second-order valence-electron chi connectivity index (χ2n) is 3.89. The minimum absolute atomic E-state index is 0.417. The summed E-state index contributed by atoms with van der Waals surface area (Å²) in [5, 5.41) is 3.24. The van der Waals surface area contributed by atoms with Gasteiger partial charge in [0.1, 0.15) is 0 Å². The molecule has 2 N–H and O–H groups in total. The number of rotatable bonds is 7. The molecule has 0 amide bonds. The lowest BCUT2D eigenvalue weighted by Crippen LogP contribution is -2.31. The molecule has 17 heavy (non-hydrogen) atoms. The van der Waals surface area contributed by atoms with E-state index >= 15 is 0 Å². The first-order chi connectivity index (χ1) is 8.15. The minimum atomic E-state index is -0.962. The number of nitrogens with one attached hydrogen (secondary N) is 2. The van der Waals surface area contributed by atoms with E-state index in [4.69, 9.17) is 0 Å². The Morgan fingerprint density at radius 3 is 2.82 bits per heavy atom. The van der Waals surface area contributed by atoms with Gasteiger partial charge in [-0.15, -0.1) is 0 Å². The van der Waals surface area contributed by atoms with Crippen LogP contribution in [-0.4, -0.2) is 22.6 Å². The van der Waals surface area contributed by atoms with Crippen LogP contribution in [0, 0.1) is 5.82 Å². The van der Waals surface area contributed by atoms with Gasteiger partial charge in [-0.25, -0.2) is 4.79 Å². The second kappa shape index (κ2) is 7.01. The van der Waals surface area contributed by atoms with Crippen LogP contribution in [0.5, 0.6) is 0 Å². The maximum Gasteiger partial charge on any atom is 0.328 e. The SMILES string of the molecule is CCCNCCCCn1cc(F)c(=O)[nH]c1=O. The average Bonchev–Trinajstić information content (AvgIpc) is 2.30. The number of aryl methyl sites for hydroxylation is 1. The van der Waals surface area contributed by atoms with Gasteiger partial charge in [-0.1, -0.05) is 6.92 Å². The molecule has 0 radical (unpaired) electrons. The summed E-state index contributed by atoms with van der Waals surface area (Å²) in [6.45, 7) is 4.37. The lowest BCUT2D eigenvalue weighted by atomic mass is 10.3. The molecule has 0 aliphatic heterocycles. The Balaban J connectivity index is 2.39. The summed E-state index contributed by atoms with van der Waals surface area (Å²) >= 11 is 0. The molecule has 0 saturated carbocycles. The zero-order valence-corrected chi connectivity index (χ0v) is 9.96. The number of aromatic amines is 1. The first kappa shape index (κ1) is 13.6. The van der Waals surface area contributed by atoms with Gasteiger partial charge in [0.15, 0.2) is 0 Å². The van der Waals surface area contributed by atoms with Gasteiger partial charge < -0.3 is 5.32 Å². The maximum atomic E-state index is 12.9. The van der Waals surface area contributed by atoms with Crippen molar-refractivity contribution < 1.29 is 4.39 Å². The Labute approximate surface area is 98.7 Å². The quantitative estimate of drug-likeness (QED) is 0.683. The van der Waals surface area contributed by atoms with Crippen molar-refractivity contribution in [3.8, 4) is 0 Å². The summed E-state index contributed by atoms with van der Waals surface area (Å²) in [4.78, 5) is 24.0. The second-order valence-corrected chi connectivity index (χ2v) is 3.89. The maximum absolute atomic E-state index is 12.9. The fourth-order valence-corrected chi connectivity index (χ4v) is 1.48. The van der Waals surface area contributed by atoms with E-state index in [0.717, 1.165) is 38.5 Å². The highest BCUT2D eigenvalue weighted by atomic mass is 19.1. The van der Waals surface area contributed by atoms with E-state index in [1.807, 2.05) is 4.98 Å².